The normalized spacial score (nSPS) is 15.8. The van der Waals surface area contributed by atoms with Crippen LogP contribution in [0.1, 0.15) is 34.5 Å². The number of hydrogen-bond acceptors (Lipinski definition) is 4. The maximum absolute atomic E-state index is 4.38. The first-order valence-electron chi connectivity index (χ1n) is 7.25. The monoisotopic (exact) mass is 287 g/mol. The van der Waals surface area contributed by atoms with Gasteiger partial charge in [0.2, 0.25) is 0 Å². The van der Waals surface area contributed by atoms with Crippen LogP contribution in [-0.2, 0) is 19.5 Å². The fraction of sp³-hybridized carbons (Fsp3) is 0.438. The average molecular weight is 287 g/mol. The molecule has 106 valence electrons. The van der Waals surface area contributed by atoms with Crippen molar-refractivity contribution in [1.29, 1.82) is 0 Å². The fourth-order valence-corrected chi connectivity index (χ4v) is 3.46. The summed E-state index contributed by atoms with van der Waals surface area (Å²) in [4.78, 5) is 4.38. The van der Waals surface area contributed by atoms with Crippen molar-refractivity contribution in [2.75, 3.05) is 13.1 Å². The molecule has 2 aromatic rings. The number of rotatable bonds is 5. The third kappa shape index (κ3) is 3.08. The summed E-state index contributed by atoms with van der Waals surface area (Å²) in [6.45, 7) is 6.28. The molecule has 0 bridgehead atoms. The number of benzene rings is 1. The van der Waals surface area contributed by atoms with Gasteiger partial charge in [-0.25, -0.2) is 4.98 Å². The lowest BCUT2D eigenvalue weighted by Gasteiger charge is -2.21. The highest BCUT2D eigenvalue weighted by Gasteiger charge is 2.13. The van der Waals surface area contributed by atoms with E-state index >= 15 is 0 Å². The fourth-order valence-electron chi connectivity index (χ4n) is 2.77. The van der Waals surface area contributed by atoms with E-state index in [1.165, 1.54) is 16.1 Å². The van der Waals surface area contributed by atoms with Gasteiger partial charge in [0.15, 0.2) is 0 Å². The molecule has 3 nitrogen and oxygen atoms in total. The first-order valence-corrected chi connectivity index (χ1v) is 8.13. The van der Waals surface area contributed by atoms with E-state index in [1.807, 2.05) is 11.6 Å². The third-order valence-corrected chi connectivity index (χ3v) is 4.88. The Kier molecular flexibility index (Phi) is 4.45. The molecule has 1 aliphatic rings. The Morgan fingerprint density at radius 2 is 2.40 bits per heavy atom. The van der Waals surface area contributed by atoms with Gasteiger partial charge in [-0.2, -0.15) is 0 Å². The minimum Gasteiger partial charge on any atom is -0.312 e. The highest BCUT2D eigenvalue weighted by Crippen LogP contribution is 2.19. The highest BCUT2D eigenvalue weighted by molar-refractivity contribution is 7.09. The Balaban J connectivity index is 1.59. The van der Waals surface area contributed by atoms with Gasteiger partial charge in [-0.3, -0.25) is 0 Å². The van der Waals surface area contributed by atoms with E-state index < -0.39 is 0 Å². The smallest absolute Gasteiger partial charge is 0.0965 e. The summed E-state index contributed by atoms with van der Waals surface area (Å²) in [6, 6.07) is 6.67. The standard InChI is InChI=1S/C16H21N3S/c1-12(16-19-7-8-20-16)9-18-11-14-4-2-3-13-10-17-6-5-15(13)14/h2-4,7-8,12,17-18H,5-6,9-11H2,1H3. The summed E-state index contributed by atoms with van der Waals surface area (Å²) in [5, 5.41) is 10.3. The number of nitrogens with one attached hydrogen (secondary N) is 2. The van der Waals surface area contributed by atoms with Crippen molar-refractivity contribution < 1.29 is 0 Å². The van der Waals surface area contributed by atoms with Crippen molar-refractivity contribution >= 4 is 11.3 Å². The molecule has 0 spiro atoms. The van der Waals surface area contributed by atoms with E-state index in [1.54, 1.807) is 16.9 Å². The predicted octanol–water partition coefficient (Wildman–Crippen LogP) is 2.68. The van der Waals surface area contributed by atoms with Crippen LogP contribution < -0.4 is 10.6 Å². The molecule has 0 saturated carbocycles. The first-order chi connectivity index (χ1) is 9.84. The molecule has 1 aromatic heterocycles. The van der Waals surface area contributed by atoms with Crippen LogP contribution in [0.5, 0.6) is 0 Å². The van der Waals surface area contributed by atoms with Gasteiger partial charge in [-0.05, 0) is 29.7 Å². The van der Waals surface area contributed by atoms with Crippen LogP contribution in [0.3, 0.4) is 0 Å². The van der Waals surface area contributed by atoms with Gasteiger partial charge < -0.3 is 10.6 Å². The third-order valence-electron chi connectivity index (χ3n) is 3.88. The Bertz CT molecular complexity index is 551. The van der Waals surface area contributed by atoms with Crippen LogP contribution in [0.25, 0.3) is 0 Å². The molecular weight excluding hydrogens is 266 g/mol. The van der Waals surface area contributed by atoms with Gasteiger partial charge in [-0.1, -0.05) is 25.1 Å². The summed E-state index contributed by atoms with van der Waals surface area (Å²) in [5.74, 6) is 0.483. The van der Waals surface area contributed by atoms with Crippen molar-refractivity contribution in [2.45, 2.75) is 32.4 Å². The zero-order chi connectivity index (χ0) is 13.8. The maximum atomic E-state index is 4.38. The summed E-state index contributed by atoms with van der Waals surface area (Å²) in [7, 11) is 0. The molecule has 0 radical (unpaired) electrons. The number of hydrogen-bond donors (Lipinski definition) is 2. The Labute approximate surface area is 124 Å². The minimum absolute atomic E-state index is 0.483. The van der Waals surface area contributed by atoms with Crippen LogP contribution in [0, 0.1) is 0 Å². The summed E-state index contributed by atoms with van der Waals surface area (Å²) >= 11 is 1.74. The lowest BCUT2D eigenvalue weighted by molar-refractivity contribution is 0.598. The van der Waals surface area contributed by atoms with Crippen LogP contribution in [0.4, 0.5) is 0 Å². The Morgan fingerprint density at radius 3 is 3.25 bits per heavy atom. The molecule has 1 atom stereocenters. The molecule has 1 unspecified atom stereocenters. The van der Waals surface area contributed by atoms with Gasteiger partial charge in [-0.15, -0.1) is 11.3 Å². The molecule has 3 rings (SSSR count). The average Bonchev–Trinajstić information content (AvgIpc) is 3.02. The summed E-state index contributed by atoms with van der Waals surface area (Å²) < 4.78 is 0. The summed E-state index contributed by atoms with van der Waals surface area (Å²) in [5.41, 5.74) is 4.46. The second kappa shape index (κ2) is 6.48. The van der Waals surface area contributed by atoms with E-state index in [0.717, 1.165) is 32.6 Å². The van der Waals surface area contributed by atoms with Gasteiger partial charge in [0.05, 0.1) is 5.01 Å². The van der Waals surface area contributed by atoms with Crippen molar-refractivity contribution in [3.05, 3.63) is 51.5 Å². The Hall–Kier alpha value is -1.23. The zero-order valence-corrected chi connectivity index (χ0v) is 12.7. The largest absolute Gasteiger partial charge is 0.312 e. The predicted molar refractivity (Wildman–Crippen MR) is 84.1 cm³/mol. The second-order valence-electron chi connectivity index (χ2n) is 5.38. The highest BCUT2D eigenvalue weighted by atomic mass is 32.1. The molecular formula is C16H21N3S. The lowest BCUT2D eigenvalue weighted by atomic mass is 9.95. The SMILES string of the molecule is CC(CNCc1cccc2c1CCNC2)c1nccs1. The van der Waals surface area contributed by atoms with Crippen LogP contribution in [0.2, 0.25) is 0 Å². The van der Waals surface area contributed by atoms with Crippen molar-refractivity contribution in [3.63, 3.8) is 0 Å². The quantitative estimate of drug-likeness (QED) is 0.888. The second-order valence-corrected chi connectivity index (χ2v) is 6.31. The molecule has 20 heavy (non-hydrogen) atoms. The van der Waals surface area contributed by atoms with Gasteiger partial charge >= 0.3 is 0 Å². The van der Waals surface area contributed by atoms with E-state index in [4.69, 9.17) is 0 Å². The van der Waals surface area contributed by atoms with Gasteiger partial charge in [0.25, 0.3) is 0 Å². The molecule has 4 heteroatoms. The van der Waals surface area contributed by atoms with E-state index in [9.17, 15) is 0 Å². The van der Waals surface area contributed by atoms with Crippen molar-refractivity contribution in [2.24, 2.45) is 0 Å². The van der Waals surface area contributed by atoms with Gasteiger partial charge in [0.1, 0.15) is 0 Å². The molecule has 2 N–H and O–H groups in total. The maximum Gasteiger partial charge on any atom is 0.0965 e. The van der Waals surface area contributed by atoms with Gasteiger partial charge in [0, 0.05) is 37.1 Å². The summed E-state index contributed by atoms with van der Waals surface area (Å²) in [6.07, 6.45) is 3.03. The lowest BCUT2D eigenvalue weighted by Crippen LogP contribution is -2.26. The minimum atomic E-state index is 0.483. The van der Waals surface area contributed by atoms with Crippen LogP contribution in [0.15, 0.2) is 29.8 Å². The molecule has 1 aromatic carbocycles. The zero-order valence-electron chi connectivity index (χ0n) is 11.9. The number of thiazole rings is 1. The number of aromatic nitrogens is 1. The van der Waals surface area contributed by atoms with Crippen molar-refractivity contribution in [1.82, 2.24) is 15.6 Å². The molecule has 1 aliphatic heterocycles. The molecule has 0 saturated heterocycles. The number of fused-ring (bicyclic) bond motifs is 1. The molecule has 0 fully saturated rings. The van der Waals surface area contributed by atoms with Crippen LogP contribution >= 0.6 is 11.3 Å². The van der Waals surface area contributed by atoms with E-state index in [2.05, 4.69) is 40.7 Å². The molecule has 2 heterocycles. The molecule has 0 amide bonds. The topological polar surface area (TPSA) is 37.0 Å². The van der Waals surface area contributed by atoms with Crippen molar-refractivity contribution in [3.8, 4) is 0 Å². The molecule has 0 aliphatic carbocycles. The van der Waals surface area contributed by atoms with E-state index in [-0.39, 0.29) is 0 Å². The number of nitrogens with zero attached hydrogens (tertiary/aromatic N) is 1. The first kappa shape index (κ1) is 13.7. The Morgan fingerprint density at radius 1 is 1.45 bits per heavy atom. The van der Waals surface area contributed by atoms with E-state index in [0.29, 0.717) is 5.92 Å². The van der Waals surface area contributed by atoms with Crippen LogP contribution in [-0.4, -0.2) is 18.1 Å².